The summed E-state index contributed by atoms with van der Waals surface area (Å²) in [6.45, 7) is 0.452. The Morgan fingerprint density at radius 2 is 1.57 bits per heavy atom. The van der Waals surface area contributed by atoms with E-state index in [-0.39, 0.29) is 25.4 Å². The van der Waals surface area contributed by atoms with Crippen LogP contribution in [0.5, 0.6) is 0 Å². The molecule has 35 heavy (non-hydrogen) atoms. The first kappa shape index (κ1) is 23.9. The number of rotatable bonds is 10. The number of amides is 2. The van der Waals surface area contributed by atoms with Crippen molar-refractivity contribution in [2.24, 2.45) is 0 Å². The van der Waals surface area contributed by atoms with Crippen molar-refractivity contribution in [2.75, 3.05) is 13.2 Å². The van der Waals surface area contributed by atoms with Gasteiger partial charge in [0.15, 0.2) is 0 Å². The van der Waals surface area contributed by atoms with Crippen LogP contribution in [0, 0.1) is 0 Å². The molecule has 1 aromatic heterocycles. The van der Waals surface area contributed by atoms with Crippen LogP contribution < -0.4 is 10.6 Å². The summed E-state index contributed by atoms with van der Waals surface area (Å²) in [6.07, 6.45) is 2.88. The van der Waals surface area contributed by atoms with Crippen LogP contribution in [0.2, 0.25) is 0 Å². The van der Waals surface area contributed by atoms with Gasteiger partial charge in [0.2, 0.25) is 5.91 Å². The lowest BCUT2D eigenvalue weighted by Crippen LogP contribution is -2.47. The van der Waals surface area contributed by atoms with Gasteiger partial charge in [0.05, 0.1) is 0 Å². The van der Waals surface area contributed by atoms with E-state index in [0.717, 1.165) is 27.8 Å². The van der Waals surface area contributed by atoms with Gasteiger partial charge in [-0.05, 0) is 52.8 Å². The zero-order valence-corrected chi connectivity index (χ0v) is 19.1. The summed E-state index contributed by atoms with van der Waals surface area (Å²) in [5.74, 6) is -1.61. The lowest BCUT2D eigenvalue weighted by molar-refractivity contribution is -0.137. The van der Waals surface area contributed by atoms with Crippen LogP contribution in [-0.2, 0) is 20.7 Å². The molecule has 0 aliphatic heterocycles. The minimum Gasteiger partial charge on any atom is -0.481 e. The van der Waals surface area contributed by atoms with E-state index in [2.05, 4.69) is 15.6 Å². The normalized spacial score (nSPS) is 12.8. The molecule has 3 aromatic rings. The summed E-state index contributed by atoms with van der Waals surface area (Å²) in [5, 5.41) is 14.4. The largest absolute Gasteiger partial charge is 0.481 e. The molecule has 1 atom stereocenters. The minimum absolute atomic E-state index is 0.0411. The number of nitrogens with zero attached hydrogens (tertiary/aromatic N) is 1. The highest BCUT2D eigenvalue weighted by Gasteiger charge is 2.29. The molecule has 0 fully saturated rings. The molecule has 1 heterocycles. The molecule has 1 aliphatic carbocycles. The van der Waals surface area contributed by atoms with Gasteiger partial charge in [0.1, 0.15) is 12.6 Å². The van der Waals surface area contributed by atoms with Gasteiger partial charge in [-0.3, -0.25) is 14.6 Å². The highest BCUT2D eigenvalue weighted by Crippen LogP contribution is 2.44. The maximum Gasteiger partial charge on any atom is 0.407 e. The third kappa shape index (κ3) is 6.03. The fraction of sp³-hybridized carbons (Fsp3) is 0.259. The van der Waals surface area contributed by atoms with Gasteiger partial charge < -0.3 is 20.5 Å². The molecule has 2 aromatic carbocycles. The number of aliphatic carboxylic acids is 1. The highest BCUT2D eigenvalue weighted by atomic mass is 16.5. The number of carbonyl (C=O) groups excluding carboxylic acids is 2. The van der Waals surface area contributed by atoms with E-state index < -0.39 is 24.0 Å². The van der Waals surface area contributed by atoms with E-state index in [0.29, 0.717) is 13.0 Å². The highest BCUT2D eigenvalue weighted by molar-refractivity contribution is 5.86. The number of carbonyl (C=O) groups is 3. The number of fused-ring (bicyclic) bond motifs is 3. The van der Waals surface area contributed by atoms with Gasteiger partial charge in [0.25, 0.3) is 0 Å². The Labute approximate surface area is 203 Å². The molecule has 0 radical (unpaired) electrons. The average molecular weight is 474 g/mol. The number of hydrogen-bond donors (Lipinski definition) is 3. The van der Waals surface area contributed by atoms with Gasteiger partial charge in [0, 0.05) is 31.3 Å². The van der Waals surface area contributed by atoms with Gasteiger partial charge in [-0.15, -0.1) is 0 Å². The molecule has 0 saturated heterocycles. The zero-order valence-electron chi connectivity index (χ0n) is 19.1. The second kappa shape index (κ2) is 11.3. The van der Waals surface area contributed by atoms with Gasteiger partial charge in [-0.1, -0.05) is 48.5 Å². The molecule has 0 bridgehead atoms. The summed E-state index contributed by atoms with van der Waals surface area (Å²) >= 11 is 0. The van der Waals surface area contributed by atoms with E-state index >= 15 is 0 Å². The van der Waals surface area contributed by atoms with Crippen LogP contribution in [0.3, 0.4) is 0 Å². The molecule has 0 spiro atoms. The topological polar surface area (TPSA) is 118 Å². The van der Waals surface area contributed by atoms with Crippen molar-refractivity contribution in [3.8, 4) is 11.1 Å². The Morgan fingerprint density at radius 1 is 0.943 bits per heavy atom. The second-order valence-corrected chi connectivity index (χ2v) is 8.35. The number of nitrogens with one attached hydrogen (secondary N) is 2. The Balaban J connectivity index is 1.35. The number of aromatic nitrogens is 1. The van der Waals surface area contributed by atoms with E-state index in [1.807, 2.05) is 60.7 Å². The molecular formula is C27H27N3O5. The van der Waals surface area contributed by atoms with E-state index in [1.165, 1.54) is 0 Å². The van der Waals surface area contributed by atoms with Crippen molar-refractivity contribution in [3.63, 3.8) is 0 Å². The van der Waals surface area contributed by atoms with Gasteiger partial charge >= 0.3 is 12.1 Å². The molecule has 8 nitrogen and oxygen atoms in total. The maximum absolute atomic E-state index is 12.7. The summed E-state index contributed by atoms with van der Waals surface area (Å²) in [4.78, 5) is 40.3. The Hall–Kier alpha value is -4.20. The maximum atomic E-state index is 12.7. The standard InChI is InChI=1S/C27H27N3O5/c31-25(32)10-9-24(26(33)29-16-13-18-11-14-28-15-12-18)30-27(34)35-17-23-21-7-3-1-5-19(21)20-6-2-4-8-22(20)23/h1-8,11-12,14-15,23-24H,9-10,13,16-17H2,(H,29,33)(H,30,34)(H,31,32). The molecule has 4 rings (SSSR count). The number of ether oxygens (including phenoxy) is 1. The number of carboxylic acids is 1. The average Bonchev–Trinajstić information content (AvgIpc) is 3.19. The number of hydrogen-bond acceptors (Lipinski definition) is 5. The molecule has 3 N–H and O–H groups in total. The van der Waals surface area contributed by atoms with Crippen molar-refractivity contribution in [3.05, 3.63) is 89.7 Å². The van der Waals surface area contributed by atoms with Crippen molar-refractivity contribution >= 4 is 18.0 Å². The SMILES string of the molecule is O=C(O)CCC(NC(=O)OCC1c2ccccc2-c2ccccc21)C(=O)NCCc1ccncc1. The number of alkyl carbamates (subject to hydrolysis) is 1. The monoisotopic (exact) mass is 473 g/mol. The van der Waals surface area contributed by atoms with Crippen LogP contribution in [0.1, 0.15) is 35.4 Å². The summed E-state index contributed by atoms with van der Waals surface area (Å²) in [7, 11) is 0. The van der Waals surface area contributed by atoms with Crippen molar-refractivity contribution in [1.29, 1.82) is 0 Å². The lowest BCUT2D eigenvalue weighted by Gasteiger charge is -2.19. The van der Waals surface area contributed by atoms with Crippen LogP contribution in [-0.4, -0.2) is 47.3 Å². The molecule has 2 amide bonds. The Kier molecular flexibility index (Phi) is 7.72. The molecule has 1 unspecified atom stereocenters. The smallest absolute Gasteiger partial charge is 0.407 e. The second-order valence-electron chi connectivity index (χ2n) is 8.35. The van der Waals surface area contributed by atoms with E-state index in [4.69, 9.17) is 9.84 Å². The summed E-state index contributed by atoms with van der Waals surface area (Å²) < 4.78 is 5.52. The first-order valence-electron chi connectivity index (χ1n) is 11.5. The zero-order chi connectivity index (χ0) is 24.6. The van der Waals surface area contributed by atoms with Crippen molar-refractivity contribution in [2.45, 2.75) is 31.2 Å². The lowest BCUT2D eigenvalue weighted by atomic mass is 9.98. The molecule has 180 valence electrons. The number of pyridine rings is 1. The van der Waals surface area contributed by atoms with E-state index in [9.17, 15) is 14.4 Å². The van der Waals surface area contributed by atoms with Crippen LogP contribution in [0.25, 0.3) is 11.1 Å². The van der Waals surface area contributed by atoms with Gasteiger partial charge in [-0.2, -0.15) is 0 Å². The van der Waals surface area contributed by atoms with Crippen LogP contribution >= 0.6 is 0 Å². The molecule has 1 aliphatic rings. The predicted molar refractivity (Wildman–Crippen MR) is 130 cm³/mol. The molecular weight excluding hydrogens is 446 g/mol. The minimum atomic E-state index is -1.05. The van der Waals surface area contributed by atoms with E-state index in [1.54, 1.807) is 12.4 Å². The summed E-state index contributed by atoms with van der Waals surface area (Å²) in [5.41, 5.74) is 5.40. The third-order valence-electron chi connectivity index (χ3n) is 6.06. The molecule has 8 heteroatoms. The Morgan fingerprint density at radius 3 is 2.20 bits per heavy atom. The molecule has 0 saturated carbocycles. The quantitative estimate of drug-likeness (QED) is 0.415. The Bertz CT molecular complexity index is 1150. The third-order valence-corrected chi connectivity index (χ3v) is 6.06. The first-order chi connectivity index (χ1) is 17.0. The predicted octanol–water partition coefficient (Wildman–Crippen LogP) is 3.51. The van der Waals surface area contributed by atoms with Crippen molar-refractivity contribution in [1.82, 2.24) is 15.6 Å². The number of benzene rings is 2. The summed E-state index contributed by atoms with van der Waals surface area (Å²) in [6, 6.07) is 18.7. The van der Waals surface area contributed by atoms with Crippen molar-refractivity contribution < 1.29 is 24.2 Å². The number of carboxylic acid groups (broad SMARTS) is 1. The fourth-order valence-electron chi connectivity index (χ4n) is 4.32. The van der Waals surface area contributed by atoms with Crippen LogP contribution in [0.15, 0.2) is 73.1 Å². The first-order valence-corrected chi connectivity index (χ1v) is 11.5. The fourth-order valence-corrected chi connectivity index (χ4v) is 4.32. The van der Waals surface area contributed by atoms with Crippen LogP contribution in [0.4, 0.5) is 4.79 Å². The van der Waals surface area contributed by atoms with Gasteiger partial charge in [-0.25, -0.2) is 4.79 Å².